The van der Waals surface area contributed by atoms with E-state index in [0.29, 0.717) is 24.0 Å². The fourth-order valence-electron chi connectivity index (χ4n) is 4.79. The highest BCUT2D eigenvalue weighted by atomic mass is 35.5. The van der Waals surface area contributed by atoms with Crippen molar-refractivity contribution in [1.82, 2.24) is 20.0 Å². The van der Waals surface area contributed by atoms with Gasteiger partial charge in [-0.2, -0.15) is 5.10 Å². The third kappa shape index (κ3) is 4.74. The molecule has 8 heteroatoms. The lowest BCUT2D eigenvalue weighted by atomic mass is 9.91. The number of rotatable bonds is 4. The molecule has 0 radical (unpaired) electrons. The molecular formula is C25H27Cl2N5O. The fourth-order valence-corrected chi connectivity index (χ4v) is 5.04. The maximum atomic E-state index is 13.6. The molecule has 172 valence electrons. The van der Waals surface area contributed by atoms with E-state index in [1.807, 2.05) is 58.1 Å². The van der Waals surface area contributed by atoms with Crippen LogP contribution in [0.25, 0.3) is 5.69 Å². The van der Waals surface area contributed by atoms with E-state index >= 15 is 0 Å². The van der Waals surface area contributed by atoms with Crippen molar-refractivity contribution < 1.29 is 4.79 Å². The van der Waals surface area contributed by atoms with Gasteiger partial charge in [0.25, 0.3) is 5.91 Å². The Morgan fingerprint density at radius 1 is 0.848 bits per heavy atom. The Hall–Kier alpha value is -2.54. The molecule has 33 heavy (non-hydrogen) atoms. The zero-order chi connectivity index (χ0) is 22.8. The minimum absolute atomic E-state index is 0.0690. The van der Waals surface area contributed by atoms with Gasteiger partial charge in [-0.1, -0.05) is 23.2 Å². The minimum Gasteiger partial charge on any atom is -0.368 e. The summed E-state index contributed by atoms with van der Waals surface area (Å²) in [5.74, 6) is 0.359. The molecule has 0 bridgehead atoms. The van der Waals surface area contributed by atoms with E-state index in [0.717, 1.165) is 66.7 Å². The molecule has 1 aromatic heterocycles. The van der Waals surface area contributed by atoms with Crippen LogP contribution in [0.5, 0.6) is 0 Å². The molecule has 2 aromatic carbocycles. The number of piperidine rings is 1. The Morgan fingerprint density at radius 3 is 2.03 bits per heavy atom. The summed E-state index contributed by atoms with van der Waals surface area (Å²) in [6, 6.07) is 15.5. The summed E-state index contributed by atoms with van der Waals surface area (Å²) in [4.78, 5) is 17.9. The van der Waals surface area contributed by atoms with E-state index in [9.17, 15) is 4.79 Å². The number of hydrogen-bond acceptors (Lipinski definition) is 4. The minimum atomic E-state index is 0.0690. The molecular weight excluding hydrogens is 457 g/mol. The third-order valence-electron chi connectivity index (χ3n) is 6.59. The standard InChI is InChI=1S/C25H27Cl2N5O/c26-19-1-5-21(6-2-19)30-13-15-31(16-14-30)25(33)23-17-29-32(22-7-3-20(27)4-8-22)24(23)18-9-11-28-12-10-18/h1-8,17-18,28H,9-16H2. The van der Waals surface area contributed by atoms with Crippen LogP contribution in [-0.4, -0.2) is 59.9 Å². The topological polar surface area (TPSA) is 53.4 Å². The lowest BCUT2D eigenvalue weighted by Crippen LogP contribution is -2.49. The van der Waals surface area contributed by atoms with Crippen molar-refractivity contribution in [3.8, 4) is 5.69 Å². The molecule has 1 amide bonds. The van der Waals surface area contributed by atoms with Crippen molar-refractivity contribution in [2.75, 3.05) is 44.2 Å². The zero-order valence-electron chi connectivity index (χ0n) is 18.4. The van der Waals surface area contributed by atoms with Crippen molar-refractivity contribution in [3.63, 3.8) is 0 Å². The van der Waals surface area contributed by atoms with Gasteiger partial charge in [-0.05, 0) is 74.5 Å². The van der Waals surface area contributed by atoms with Gasteiger partial charge in [0.05, 0.1) is 23.1 Å². The molecule has 2 saturated heterocycles. The molecule has 6 nitrogen and oxygen atoms in total. The van der Waals surface area contributed by atoms with Gasteiger partial charge in [0.15, 0.2) is 0 Å². The molecule has 0 atom stereocenters. The molecule has 0 saturated carbocycles. The number of nitrogens with zero attached hydrogens (tertiary/aromatic N) is 4. The van der Waals surface area contributed by atoms with E-state index in [1.165, 1.54) is 0 Å². The number of benzene rings is 2. The Morgan fingerprint density at radius 2 is 1.42 bits per heavy atom. The predicted octanol–water partition coefficient (Wildman–Crippen LogP) is 4.61. The van der Waals surface area contributed by atoms with Crippen LogP contribution in [0.4, 0.5) is 5.69 Å². The van der Waals surface area contributed by atoms with E-state index < -0.39 is 0 Å². The van der Waals surface area contributed by atoms with Crippen LogP contribution in [0.3, 0.4) is 0 Å². The van der Waals surface area contributed by atoms with Crippen LogP contribution >= 0.6 is 23.2 Å². The van der Waals surface area contributed by atoms with Crippen LogP contribution in [-0.2, 0) is 0 Å². The lowest BCUT2D eigenvalue weighted by Gasteiger charge is -2.36. The second-order valence-corrected chi connectivity index (χ2v) is 9.48. The van der Waals surface area contributed by atoms with Gasteiger partial charge in [-0.15, -0.1) is 0 Å². The van der Waals surface area contributed by atoms with Crippen LogP contribution < -0.4 is 10.2 Å². The summed E-state index contributed by atoms with van der Waals surface area (Å²) in [6.45, 7) is 4.84. The summed E-state index contributed by atoms with van der Waals surface area (Å²) >= 11 is 12.1. The van der Waals surface area contributed by atoms with Gasteiger partial charge in [0.1, 0.15) is 0 Å². The summed E-state index contributed by atoms with van der Waals surface area (Å²) in [5.41, 5.74) is 3.80. The van der Waals surface area contributed by atoms with Crippen LogP contribution in [0.1, 0.15) is 34.8 Å². The average molecular weight is 484 g/mol. The lowest BCUT2D eigenvalue weighted by molar-refractivity contribution is 0.0744. The molecule has 5 rings (SSSR count). The van der Waals surface area contributed by atoms with Crippen LogP contribution in [0.15, 0.2) is 54.7 Å². The number of carbonyl (C=O) groups excluding carboxylic acids is 1. The molecule has 3 heterocycles. The molecule has 0 aliphatic carbocycles. The highest BCUT2D eigenvalue weighted by Gasteiger charge is 2.30. The molecule has 3 aromatic rings. The van der Waals surface area contributed by atoms with Gasteiger partial charge >= 0.3 is 0 Å². The maximum absolute atomic E-state index is 13.6. The first-order valence-electron chi connectivity index (χ1n) is 11.4. The number of amides is 1. The number of anilines is 1. The molecule has 0 unspecified atom stereocenters. The summed E-state index contributed by atoms with van der Waals surface area (Å²) < 4.78 is 1.93. The zero-order valence-corrected chi connectivity index (χ0v) is 19.9. The predicted molar refractivity (Wildman–Crippen MR) is 133 cm³/mol. The van der Waals surface area contributed by atoms with E-state index in [-0.39, 0.29) is 5.91 Å². The van der Waals surface area contributed by atoms with Crippen molar-refractivity contribution in [1.29, 1.82) is 0 Å². The summed E-state index contributed by atoms with van der Waals surface area (Å²) in [6.07, 6.45) is 3.73. The smallest absolute Gasteiger partial charge is 0.257 e. The van der Waals surface area contributed by atoms with E-state index in [1.54, 1.807) is 6.20 Å². The average Bonchev–Trinajstić information content (AvgIpc) is 3.30. The van der Waals surface area contributed by atoms with Crippen molar-refractivity contribution in [2.45, 2.75) is 18.8 Å². The third-order valence-corrected chi connectivity index (χ3v) is 7.10. The van der Waals surface area contributed by atoms with E-state index in [4.69, 9.17) is 23.2 Å². The number of aromatic nitrogens is 2. The fraction of sp³-hybridized carbons (Fsp3) is 0.360. The Kier molecular flexibility index (Phi) is 6.58. The summed E-state index contributed by atoms with van der Waals surface area (Å²) in [7, 11) is 0. The Labute approximate surface area is 204 Å². The molecule has 1 N–H and O–H groups in total. The number of hydrogen-bond donors (Lipinski definition) is 1. The largest absolute Gasteiger partial charge is 0.368 e. The Bertz CT molecular complexity index is 1100. The molecule has 2 fully saturated rings. The highest BCUT2D eigenvalue weighted by Crippen LogP contribution is 2.31. The Balaban J connectivity index is 1.38. The quantitative estimate of drug-likeness (QED) is 0.588. The van der Waals surface area contributed by atoms with Crippen LogP contribution in [0.2, 0.25) is 10.0 Å². The van der Waals surface area contributed by atoms with Gasteiger partial charge in [-0.25, -0.2) is 4.68 Å². The first-order valence-corrected chi connectivity index (χ1v) is 12.2. The van der Waals surface area contributed by atoms with E-state index in [2.05, 4.69) is 15.3 Å². The number of piperazine rings is 1. The number of nitrogens with one attached hydrogen (secondary N) is 1. The van der Waals surface area contributed by atoms with Gasteiger partial charge in [0.2, 0.25) is 0 Å². The first kappa shape index (κ1) is 22.3. The highest BCUT2D eigenvalue weighted by molar-refractivity contribution is 6.30. The van der Waals surface area contributed by atoms with Crippen LogP contribution in [0, 0.1) is 0 Å². The van der Waals surface area contributed by atoms with Crippen molar-refractivity contribution >= 4 is 34.8 Å². The number of carbonyl (C=O) groups is 1. The van der Waals surface area contributed by atoms with Crippen molar-refractivity contribution in [2.24, 2.45) is 0 Å². The van der Waals surface area contributed by atoms with Gasteiger partial charge < -0.3 is 15.1 Å². The van der Waals surface area contributed by atoms with Gasteiger partial charge in [0, 0.05) is 47.8 Å². The molecule has 2 aliphatic rings. The second-order valence-electron chi connectivity index (χ2n) is 8.61. The van der Waals surface area contributed by atoms with Crippen molar-refractivity contribution in [3.05, 3.63) is 76.0 Å². The monoisotopic (exact) mass is 483 g/mol. The molecule has 0 spiro atoms. The van der Waals surface area contributed by atoms with Gasteiger partial charge in [-0.3, -0.25) is 4.79 Å². The first-order chi connectivity index (χ1) is 16.1. The SMILES string of the molecule is O=C(c1cnn(-c2ccc(Cl)cc2)c1C1CCNCC1)N1CCN(c2ccc(Cl)cc2)CC1. The summed E-state index contributed by atoms with van der Waals surface area (Å²) in [5, 5.41) is 9.50. The number of halogens is 2. The molecule has 2 aliphatic heterocycles. The second kappa shape index (κ2) is 9.75. The maximum Gasteiger partial charge on any atom is 0.257 e. The normalized spacial score (nSPS) is 17.4.